The van der Waals surface area contributed by atoms with Crippen molar-refractivity contribution in [1.29, 1.82) is 0 Å². The Kier molecular flexibility index (Phi) is 3.85. The number of hydrogen-bond donors (Lipinski definition) is 2. The summed E-state index contributed by atoms with van der Waals surface area (Å²) in [6, 6.07) is 4.55. The van der Waals surface area contributed by atoms with E-state index in [4.69, 9.17) is 10.3 Å². The summed E-state index contributed by atoms with van der Waals surface area (Å²) >= 11 is 0. The first kappa shape index (κ1) is 13.8. The van der Waals surface area contributed by atoms with Gasteiger partial charge in [-0.15, -0.1) is 0 Å². The number of furan rings is 1. The minimum atomic E-state index is -0.528. The molecule has 1 amide bonds. The Morgan fingerprint density at radius 1 is 1.50 bits per heavy atom. The lowest BCUT2D eigenvalue weighted by Crippen LogP contribution is -2.29. The van der Waals surface area contributed by atoms with E-state index < -0.39 is 5.91 Å². The fraction of sp³-hybridized carbons (Fsp3) is 0.250. The number of rotatable bonds is 4. The van der Waals surface area contributed by atoms with Crippen LogP contribution in [0.2, 0.25) is 0 Å². The van der Waals surface area contributed by atoms with Crippen LogP contribution in [0.3, 0.4) is 0 Å². The molecule has 106 valence electrons. The number of nitrogen functional groups attached to an aromatic ring is 1. The summed E-state index contributed by atoms with van der Waals surface area (Å²) in [5.74, 6) is 5.00. The van der Waals surface area contributed by atoms with Gasteiger partial charge in [-0.25, -0.2) is 10.5 Å². The summed E-state index contributed by atoms with van der Waals surface area (Å²) in [6.45, 7) is 0.143. The molecule has 8 nitrogen and oxygen atoms in total. The third-order valence-corrected chi connectivity index (χ3v) is 2.69. The van der Waals surface area contributed by atoms with Gasteiger partial charge in [-0.05, 0) is 12.1 Å². The van der Waals surface area contributed by atoms with Crippen LogP contribution in [-0.2, 0) is 6.54 Å². The van der Waals surface area contributed by atoms with E-state index in [-0.39, 0.29) is 17.9 Å². The summed E-state index contributed by atoms with van der Waals surface area (Å²) in [5.41, 5.74) is 2.43. The van der Waals surface area contributed by atoms with Gasteiger partial charge in [0.1, 0.15) is 12.3 Å². The van der Waals surface area contributed by atoms with Crippen molar-refractivity contribution < 1.29 is 9.21 Å². The molecule has 0 fully saturated rings. The number of hydrogen-bond acceptors (Lipinski definition) is 6. The van der Waals surface area contributed by atoms with Crippen LogP contribution >= 0.6 is 0 Å². The first-order chi connectivity index (χ1) is 9.51. The maximum atomic E-state index is 11.9. The maximum Gasteiger partial charge on any atom is 0.300 e. The van der Waals surface area contributed by atoms with E-state index in [0.717, 1.165) is 0 Å². The minimum absolute atomic E-state index is 0.0838. The number of carbonyl (C=O) groups excluding carboxylic acids is 1. The van der Waals surface area contributed by atoms with Gasteiger partial charge < -0.3 is 9.32 Å². The summed E-state index contributed by atoms with van der Waals surface area (Å²) in [7, 11) is 3.65. The van der Waals surface area contributed by atoms with Gasteiger partial charge in [0.15, 0.2) is 5.76 Å². The Morgan fingerprint density at radius 2 is 2.25 bits per heavy atom. The Labute approximate surface area is 114 Å². The van der Waals surface area contributed by atoms with Crippen molar-refractivity contribution in [2.45, 2.75) is 6.54 Å². The Bertz CT molecular complexity index is 674. The second kappa shape index (κ2) is 5.57. The van der Waals surface area contributed by atoms with E-state index in [1.807, 2.05) is 19.5 Å². The zero-order valence-electron chi connectivity index (χ0n) is 11.2. The molecule has 0 saturated heterocycles. The molecule has 0 unspecified atom stereocenters. The molecule has 0 aliphatic rings. The topological polar surface area (TPSA) is 106 Å². The first-order valence-corrected chi connectivity index (χ1v) is 5.85. The van der Waals surface area contributed by atoms with Gasteiger partial charge in [0, 0.05) is 20.2 Å². The van der Waals surface area contributed by atoms with Gasteiger partial charge in [0.2, 0.25) is 0 Å². The van der Waals surface area contributed by atoms with Gasteiger partial charge in [-0.2, -0.15) is 5.10 Å². The number of nitrogens with zero attached hydrogens (tertiary/aromatic N) is 3. The predicted molar refractivity (Wildman–Crippen MR) is 72.3 cm³/mol. The summed E-state index contributed by atoms with van der Waals surface area (Å²) in [6.07, 6.45) is 1.58. The molecule has 0 aliphatic heterocycles. The van der Waals surface area contributed by atoms with Crippen LogP contribution in [0.15, 0.2) is 33.6 Å². The molecule has 2 aromatic heterocycles. The molecule has 0 aliphatic carbocycles. The maximum absolute atomic E-state index is 11.9. The van der Waals surface area contributed by atoms with Crippen molar-refractivity contribution in [1.82, 2.24) is 15.2 Å². The number of aromatic nitrogens is 2. The highest BCUT2D eigenvalue weighted by molar-refractivity contribution is 5.90. The van der Waals surface area contributed by atoms with Crippen LogP contribution in [0, 0.1) is 0 Å². The molecular weight excluding hydrogens is 262 g/mol. The van der Waals surface area contributed by atoms with E-state index in [2.05, 4.69) is 5.10 Å². The van der Waals surface area contributed by atoms with Gasteiger partial charge in [0.05, 0.1) is 11.9 Å². The molecule has 0 aromatic carbocycles. The first-order valence-electron chi connectivity index (χ1n) is 5.85. The van der Waals surface area contributed by atoms with Crippen molar-refractivity contribution >= 4 is 11.6 Å². The van der Waals surface area contributed by atoms with Crippen molar-refractivity contribution in [3.63, 3.8) is 0 Å². The van der Waals surface area contributed by atoms with E-state index in [9.17, 15) is 9.59 Å². The number of amides is 1. The van der Waals surface area contributed by atoms with Crippen LogP contribution in [0.1, 0.15) is 16.3 Å². The van der Waals surface area contributed by atoms with Gasteiger partial charge in [0.25, 0.3) is 5.56 Å². The lowest BCUT2D eigenvalue weighted by Gasteiger charge is -2.11. The van der Waals surface area contributed by atoms with Crippen LogP contribution < -0.4 is 21.7 Å². The van der Waals surface area contributed by atoms with Gasteiger partial charge in [-0.3, -0.25) is 15.0 Å². The molecular formula is C12H15N5O3. The largest absolute Gasteiger partial charge is 0.454 e. The smallest absolute Gasteiger partial charge is 0.300 e. The predicted octanol–water partition coefficient (Wildman–Crippen LogP) is -0.446. The second-order valence-electron chi connectivity index (χ2n) is 4.34. The van der Waals surface area contributed by atoms with Gasteiger partial charge >= 0.3 is 5.91 Å². The monoisotopic (exact) mass is 277 g/mol. The second-order valence-corrected chi connectivity index (χ2v) is 4.34. The van der Waals surface area contributed by atoms with E-state index in [1.165, 1.54) is 16.8 Å². The third-order valence-electron chi connectivity index (χ3n) is 2.69. The highest BCUT2D eigenvalue weighted by Crippen LogP contribution is 2.09. The van der Waals surface area contributed by atoms with Gasteiger partial charge in [-0.1, -0.05) is 0 Å². The lowest BCUT2D eigenvalue weighted by atomic mass is 10.4. The zero-order chi connectivity index (χ0) is 14.7. The molecule has 8 heteroatoms. The molecule has 2 aromatic rings. The average molecular weight is 277 g/mol. The zero-order valence-corrected chi connectivity index (χ0v) is 11.2. The fourth-order valence-electron chi connectivity index (χ4n) is 1.59. The molecule has 0 atom stereocenters. The average Bonchev–Trinajstić information content (AvgIpc) is 2.88. The Morgan fingerprint density at radius 3 is 2.85 bits per heavy atom. The lowest BCUT2D eigenvalue weighted by molar-refractivity contribution is 0.0924. The number of nitrogens with one attached hydrogen (secondary N) is 1. The SMILES string of the molecule is CN(C)c1cnn(Cc2ccc(C(=O)NN)o2)c(=O)c1. The molecule has 0 radical (unpaired) electrons. The van der Waals surface area contributed by atoms with Crippen LogP contribution in [0.5, 0.6) is 0 Å². The Hall–Kier alpha value is -2.61. The number of carbonyl (C=O) groups is 1. The standard InChI is InChI=1S/C12H15N5O3/c1-16(2)8-5-11(18)17(14-6-8)7-9-3-4-10(20-9)12(19)15-13/h3-6H,7,13H2,1-2H3,(H,15,19). The molecule has 0 saturated carbocycles. The van der Waals surface area contributed by atoms with E-state index in [1.54, 1.807) is 17.2 Å². The molecule has 0 spiro atoms. The van der Waals surface area contributed by atoms with Crippen LogP contribution in [0.25, 0.3) is 0 Å². The molecule has 0 bridgehead atoms. The molecule has 3 N–H and O–H groups in total. The third kappa shape index (κ3) is 2.86. The molecule has 20 heavy (non-hydrogen) atoms. The van der Waals surface area contributed by atoms with Crippen molar-refractivity contribution in [2.24, 2.45) is 5.84 Å². The molecule has 2 heterocycles. The van der Waals surface area contributed by atoms with E-state index >= 15 is 0 Å². The quantitative estimate of drug-likeness (QED) is 0.445. The minimum Gasteiger partial charge on any atom is -0.454 e. The number of nitrogens with two attached hydrogens (primary N) is 1. The summed E-state index contributed by atoms with van der Waals surface area (Å²) in [5, 5.41) is 4.05. The fourth-order valence-corrected chi connectivity index (χ4v) is 1.59. The van der Waals surface area contributed by atoms with Crippen LogP contribution in [0.4, 0.5) is 5.69 Å². The van der Waals surface area contributed by atoms with Crippen molar-refractivity contribution in [3.8, 4) is 0 Å². The normalized spacial score (nSPS) is 10.3. The van der Waals surface area contributed by atoms with Crippen molar-refractivity contribution in [3.05, 3.63) is 46.3 Å². The van der Waals surface area contributed by atoms with Crippen molar-refractivity contribution in [2.75, 3.05) is 19.0 Å². The Balaban J connectivity index is 2.20. The highest BCUT2D eigenvalue weighted by atomic mass is 16.4. The van der Waals surface area contributed by atoms with E-state index in [0.29, 0.717) is 11.4 Å². The molecule has 2 rings (SSSR count). The summed E-state index contributed by atoms with van der Waals surface area (Å²) < 4.78 is 6.52. The number of hydrazine groups is 1. The number of anilines is 1. The highest BCUT2D eigenvalue weighted by Gasteiger charge is 2.11. The summed E-state index contributed by atoms with van der Waals surface area (Å²) in [4.78, 5) is 24.9. The van der Waals surface area contributed by atoms with Crippen LogP contribution in [-0.4, -0.2) is 29.8 Å².